The van der Waals surface area contributed by atoms with Crippen LogP contribution in [0.2, 0.25) is 5.02 Å². The number of aryl methyl sites for hydroxylation is 1. The minimum atomic E-state index is 0.250. The smallest absolute Gasteiger partial charge is 0.163 e. The summed E-state index contributed by atoms with van der Waals surface area (Å²) in [5.41, 5.74) is 1.81. The molecule has 0 aliphatic carbocycles. The number of hydrogen-bond acceptors (Lipinski definition) is 1. The van der Waals surface area contributed by atoms with Gasteiger partial charge in [-0.2, -0.15) is 0 Å². The second-order valence-electron chi connectivity index (χ2n) is 4.90. The fourth-order valence-electron chi connectivity index (χ4n) is 2.14. The first-order valence-corrected chi connectivity index (χ1v) is 7.32. The van der Waals surface area contributed by atoms with Crippen LogP contribution in [0, 0.1) is 6.92 Å². The van der Waals surface area contributed by atoms with Gasteiger partial charge in [0.25, 0.3) is 0 Å². The van der Waals surface area contributed by atoms with E-state index in [9.17, 15) is 4.79 Å². The van der Waals surface area contributed by atoms with E-state index in [0.717, 1.165) is 17.5 Å². The van der Waals surface area contributed by atoms with E-state index >= 15 is 0 Å². The fraction of sp³-hybridized carbons (Fsp3) is 0.562. The van der Waals surface area contributed by atoms with Crippen molar-refractivity contribution in [2.24, 2.45) is 0 Å². The summed E-state index contributed by atoms with van der Waals surface area (Å²) in [7, 11) is 0. The minimum absolute atomic E-state index is 0.250. The molecule has 1 rings (SSSR count). The third-order valence-electron chi connectivity index (χ3n) is 3.25. The van der Waals surface area contributed by atoms with Crippen LogP contribution in [0.1, 0.15) is 67.8 Å². The Morgan fingerprint density at radius 3 is 2.44 bits per heavy atom. The number of Topliss-reactive ketones (excluding diaryl/α,β-unsaturated/α-hetero) is 1. The second-order valence-corrected chi connectivity index (χ2v) is 5.34. The van der Waals surface area contributed by atoms with Gasteiger partial charge in [0.1, 0.15) is 0 Å². The van der Waals surface area contributed by atoms with Crippen LogP contribution in [0.5, 0.6) is 0 Å². The summed E-state index contributed by atoms with van der Waals surface area (Å²) in [6.45, 7) is 4.16. The molecule has 18 heavy (non-hydrogen) atoms. The molecule has 100 valence electrons. The maximum Gasteiger partial charge on any atom is 0.163 e. The van der Waals surface area contributed by atoms with Gasteiger partial charge >= 0.3 is 0 Å². The van der Waals surface area contributed by atoms with Gasteiger partial charge in [-0.15, -0.1) is 0 Å². The van der Waals surface area contributed by atoms with Gasteiger partial charge in [-0.3, -0.25) is 4.79 Å². The highest BCUT2D eigenvalue weighted by atomic mass is 35.5. The topological polar surface area (TPSA) is 17.1 Å². The summed E-state index contributed by atoms with van der Waals surface area (Å²) >= 11 is 5.89. The first-order valence-electron chi connectivity index (χ1n) is 6.94. The van der Waals surface area contributed by atoms with Crippen LogP contribution in [0.3, 0.4) is 0 Å². The molecule has 0 saturated heterocycles. The Kier molecular flexibility index (Phi) is 7.04. The van der Waals surface area contributed by atoms with Gasteiger partial charge in [0, 0.05) is 17.0 Å². The zero-order valence-electron chi connectivity index (χ0n) is 11.5. The van der Waals surface area contributed by atoms with Crippen molar-refractivity contribution in [1.82, 2.24) is 0 Å². The molecule has 2 heteroatoms. The average Bonchev–Trinajstić information content (AvgIpc) is 2.33. The molecule has 0 radical (unpaired) electrons. The Hall–Kier alpha value is -0.820. The Bertz CT molecular complexity index is 385. The van der Waals surface area contributed by atoms with Crippen molar-refractivity contribution in [3.8, 4) is 0 Å². The van der Waals surface area contributed by atoms with Crippen LogP contribution in [-0.4, -0.2) is 5.78 Å². The van der Waals surface area contributed by atoms with Gasteiger partial charge < -0.3 is 0 Å². The largest absolute Gasteiger partial charge is 0.294 e. The van der Waals surface area contributed by atoms with E-state index in [1.54, 1.807) is 6.07 Å². The lowest BCUT2D eigenvalue weighted by molar-refractivity contribution is 0.0978. The van der Waals surface area contributed by atoms with Crippen molar-refractivity contribution in [3.05, 3.63) is 34.3 Å². The number of ketones is 1. The van der Waals surface area contributed by atoms with Gasteiger partial charge in [-0.05, 0) is 37.1 Å². The minimum Gasteiger partial charge on any atom is -0.294 e. The van der Waals surface area contributed by atoms with Crippen molar-refractivity contribution in [2.45, 2.75) is 58.8 Å². The number of unbranched alkanes of at least 4 members (excludes halogenated alkanes) is 5. The number of hydrogen-bond donors (Lipinski definition) is 0. The number of halogens is 1. The normalized spacial score (nSPS) is 10.6. The number of benzene rings is 1. The van der Waals surface area contributed by atoms with Crippen LogP contribution < -0.4 is 0 Å². The van der Waals surface area contributed by atoms with Crippen molar-refractivity contribution in [3.63, 3.8) is 0 Å². The molecule has 0 aromatic heterocycles. The lowest BCUT2D eigenvalue weighted by Gasteiger charge is -2.05. The molecular weight excluding hydrogens is 244 g/mol. The molecule has 0 N–H and O–H groups in total. The molecule has 0 bridgehead atoms. The third-order valence-corrected chi connectivity index (χ3v) is 3.48. The van der Waals surface area contributed by atoms with Crippen LogP contribution >= 0.6 is 11.6 Å². The van der Waals surface area contributed by atoms with Crippen LogP contribution in [0.4, 0.5) is 0 Å². The standard InChI is InChI=1S/C16H23ClO/c1-3-4-5-6-7-8-9-16(18)15-11-10-14(17)12-13(15)2/h10-12H,3-9H2,1-2H3. The quantitative estimate of drug-likeness (QED) is 0.443. The second kappa shape index (κ2) is 8.31. The lowest BCUT2D eigenvalue weighted by Crippen LogP contribution is -2.01. The molecule has 0 atom stereocenters. The monoisotopic (exact) mass is 266 g/mol. The molecule has 1 aromatic rings. The zero-order valence-corrected chi connectivity index (χ0v) is 12.2. The molecule has 0 saturated carbocycles. The predicted octanol–water partition coefficient (Wildman–Crippen LogP) is 5.58. The van der Waals surface area contributed by atoms with E-state index in [0.29, 0.717) is 11.4 Å². The molecule has 0 aliphatic heterocycles. The number of rotatable bonds is 8. The zero-order chi connectivity index (χ0) is 13.4. The molecule has 0 unspecified atom stereocenters. The molecule has 1 aromatic carbocycles. The molecule has 0 amide bonds. The Labute approximate surface area is 116 Å². The molecular formula is C16H23ClO. The van der Waals surface area contributed by atoms with Gasteiger partial charge in [-0.25, -0.2) is 0 Å². The third kappa shape index (κ3) is 5.22. The van der Waals surface area contributed by atoms with Gasteiger partial charge in [0.15, 0.2) is 5.78 Å². The highest BCUT2D eigenvalue weighted by molar-refractivity contribution is 6.30. The lowest BCUT2D eigenvalue weighted by atomic mass is 10.00. The SMILES string of the molecule is CCCCCCCCC(=O)c1ccc(Cl)cc1C. The maximum absolute atomic E-state index is 12.0. The van der Waals surface area contributed by atoms with Crippen LogP contribution in [0.25, 0.3) is 0 Å². The summed E-state index contributed by atoms with van der Waals surface area (Å²) in [4.78, 5) is 12.0. The average molecular weight is 267 g/mol. The molecule has 0 spiro atoms. The van der Waals surface area contributed by atoms with Crippen molar-refractivity contribution < 1.29 is 4.79 Å². The number of carbonyl (C=O) groups excluding carboxylic acids is 1. The van der Waals surface area contributed by atoms with E-state index in [4.69, 9.17) is 11.6 Å². The first-order chi connectivity index (χ1) is 8.65. The summed E-state index contributed by atoms with van der Waals surface area (Å²) in [6.07, 6.45) is 7.95. The maximum atomic E-state index is 12.0. The summed E-state index contributed by atoms with van der Waals surface area (Å²) < 4.78 is 0. The molecule has 0 fully saturated rings. The van der Waals surface area contributed by atoms with Crippen molar-refractivity contribution in [1.29, 1.82) is 0 Å². The highest BCUT2D eigenvalue weighted by Crippen LogP contribution is 2.18. The van der Waals surface area contributed by atoms with Crippen LogP contribution in [-0.2, 0) is 0 Å². The van der Waals surface area contributed by atoms with Crippen molar-refractivity contribution in [2.75, 3.05) is 0 Å². The highest BCUT2D eigenvalue weighted by Gasteiger charge is 2.08. The van der Waals surface area contributed by atoms with E-state index in [1.165, 1.54) is 32.1 Å². The van der Waals surface area contributed by atoms with E-state index < -0.39 is 0 Å². The summed E-state index contributed by atoms with van der Waals surface area (Å²) in [5, 5.41) is 0.698. The predicted molar refractivity (Wildman–Crippen MR) is 78.5 cm³/mol. The number of carbonyl (C=O) groups is 1. The fourth-order valence-corrected chi connectivity index (χ4v) is 2.37. The molecule has 1 nitrogen and oxygen atoms in total. The van der Waals surface area contributed by atoms with Gasteiger partial charge in [-0.1, -0.05) is 50.6 Å². The van der Waals surface area contributed by atoms with Crippen molar-refractivity contribution >= 4 is 17.4 Å². The van der Waals surface area contributed by atoms with Crippen LogP contribution in [0.15, 0.2) is 18.2 Å². The summed E-state index contributed by atoms with van der Waals surface area (Å²) in [6, 6.07) is 5.50. The first kappa shape index (κ1) is 15.2. The molecule has 0 aliphatic rings. The molecule has 0 heterocycles. The van der Waals surface area contributed by atoms with E-state index in [-0.39, 0.29) is 5.78 Å². The van der Waals surface area contributed by atoms with E-state index in [2.05, 4.69) is 6.92 Å². The summed E-state index contributed by atoms with van der Waals surface area (Å²) in [5.74, 6) is 0.250. The van der Waals surface area contributed by atoms with E-state index in [1.807, 2.05) is 19.1 Å². The van der Waals surface area contributed by atoms with Gasteiger partial charge in [0.2, 0.25) is 0 Å². The Balaban J connectivity index is 2.32. The van der Waals surface area contributed by atoms with Gasteiger partial charge in [0.05, 0.1) is 0 Å². The Morgan fingerprint density at radius 1 is 1.11 bits per heavy atom. The Morgan fingerprint density at radius 2 is 1.78 bits per heavy atom.